The van der Waals surface area contributed by atoms with Crippen LogP contribution < -0.4 is 14.8 Å². The molecule has 0 spiro atoms. The molecular weight excluding hydrogens is 288 g/mol. The average molecular weight is 315 g/mol. The van der Waals surface area contributed by atoms with E-state index in [0.29, 0.717) is 0 Å². The maximum Gasteiger partial charge on any atom is 0.127 e. The van der Waals surface area contributed by atoms with Gasteiger partial charge in [0.05, 0.1) is 14.2 Å². The molecule has 1 saturated heterocycles. The lowest BCUT2D eigenvalue weighted by molar-refractivity contribution is 0.235. The maximum atomic E-state index is 5.46. The summed E-state index contributed by atoms with van der Waals surface area (Å²) in [7, 11) is 5.57. The quantitative estimate of drug-likeness (QED) is 0.875. The van der Waals surface area contributed by atoms with Gasteiger partial charge in [0.25, 0.3) is 0 Å². The zero-order chi connectivity index (χ0) is 14.4. The van der Waals surface area contributed by atoms with Crippen LogP contribution in [0, 0.1) is 5.92 Å². The van der Waals surface area contributed by atoms with Gasteiger partial charge in [0.2, 0.25) is 0 Å². The van der Waals surface area contributed by atoms with E-state index >= 15 is 0 Å². The van der Waals surface area contributed by atoms with Crippen LogP contribution in [0.1, 0.15) is 18.4 Å². The molecular formula is C16H27ClN2O2. The number of ether oxygens (including phenoxy) is 2. The molecule has 1 fully saturated rings. The van der Waals surface area contributed by atoms with Gasteiger partial charge in [0.15, 0.2) is 0 Å². The number of hydrogen-bond donors (Lipinski definition) is 1. The molecule has 1 heterocycles. The fourth-order valence-electron chi connectivity index (χ4n) is 2.86. The SMILES string of the molecule is COc1ccc(CN(C)CC2CCCNC2)c(OC)c1.Cl. The number of piperidine rings is 1. The fraction of sp³-hybridized carbons (Fsp3) is 0.625. The summed E-state index contributed by atoms with van der Waals surface area (Å²) in [6.45, 7) is 4.35. The van der Waals surface area contributed by atoms with Gasteiger partial charge >= 0.3 is 0 Å². The van der Waals surface area contributed by atoms with E-state index in [2.05, 4.69) is 23.3 Å². The highest BCUT2D eigenvalue weighted by Gasteiger charge is 2.16. The number of benzene rings is 1. The predicted octanol–water partition coefficient (Wildman–Crippen LogP) is 2.56. The molecule has 1 aliphatic heterocycles. The number of nitrogens with one attached hydrogen (secondary N) is 1. The minimum Gasteiger partial charge on any atom is -0.497 e. The summed E-state index contributed by atoms with van der Waals surface area (Å²) in [5.41, 5.74) is 1.21. The van der Waals surface area contributed by atoms with E-state index in [9.17, 15) is 0 Å². The molecule has 2 rings (SSSR count). The van der Waals surface area contributed by atoms with Crippen molar-refractivity contribution in [2.75, 3.05) is 40.9 Å². The van der Waals surface area contributed by atoms with Gasteiger partial charge in [-0.3, -0.25) is 0 Å². The lowest BCUT2D eigenvalue weighted by Crippen LogP contribution is -2.36. The molecule has 0 aliphatic carbocycles. The molecule has 0 radical (unpaired) electrons. The second-order valence-corrected chi connectivity index (χ2v) is 5.59. The van der Waals surface area contributed by atoms with E-state index in [4.69, 9.17) is 9.47 Å². The molecule has 1 unspecified atom stereocenters. The molecule has 1 aromatic rings. The third-order valence-corrected chi connectivity index (χ3v) is 3.90. The summed E-state index contributed by atoms with van der Waals surface area (Å²) in [5.74, 6) is 2.50. The Labute approximate surface area is 134 Å². The van der Waals surface area contributed by atoms with Gasteiger partial charge in [-0.15, -0.1) is 12.4 Å². The van der Waals surface area contributed by atoms with Crippen LogP contribution in [0.15, 0.2) is 18.2 Å². The third kappa shape index (κ3) is 5.38. The van der Waals surface area contributed by atoms with Crippen LogP contribution >= 0.6 is 12.4 Å². The van der Waals surface area contributed by atoms with Gasteiger partial charge < -0.3 is 19.7 Å². The summed E-state index contributed by atoms with van der Waals surface area (Å²) in [5, 5.41) is 3.47. The molecule has 1 aliphatic rings. The van der Waals surface area contributed by atoms with Crippen LogP contribution in [0.3, 0.4) is 0 Å². The van der Waals surface area contributed by atoms with Crippen molar-refractivity contribution in [3.8, 4) is 11.5 Å². The van der Waals surface area contributed by atoms with Crippen molar-refractivity contribution in [3.05, 3.63) is 23.8 Å². The van der Waals surface area contributed by atoms with Crippen LogP contribution in [0.4, 0.5) is 0 Å². The second kappa shape index (κ2) is 9.13. The summed E-state index contributed by atoms with van der Waals surface area (Å²) < 4.78 is 10.7. The highest BCUT2D eigenvalue weighted by molar-refractivity contribution is 5.85. The highest BCUT2D eigenvalue weighted by Crippen LogP contribution is 2.25. The summed E-state index contributed by atoms with van der Waals surface area (Å²) in [6.07, 6.45) is 2.63. The van der Waals surface area contributed by atoms with Crippen LogP contribution in [0.5, 0.6) is 11.5 Å². The van der Waals surface area contributed by atoms with Gasteiger partial charge in [0, 0.05) is 24.7 Å². The van der Waals surface area contributed by atoms with Gasteiger partial charge in [-0.1, -0.05) is 6.07 Å². The topological polar surface area (TPSA) is 33.7 Å². The fourth-order valence-corrected chi connectivity index (χ4v) is 2.86. The first kappa shape index (κ1) is 18.1. The highest BCUT2D eigenvalue weighted by atomic mass is 35.5. The van der Waals surface area contributed by atoms with Crippen molar-refractivity contribution >= 4 is 12.4 Å². The Kier molecular flexibility index (Phi) is 7.86. The minimum absolute atomic E-state index is 0. The van der Waals surface area contributed by atoms with E-state index in [1.165, 1.54) is 24.9 Å². The van der Waals surface area contributed by atoms with E-state index in [0.717, 1.165) is 37.1 Å². The van der Waals surface area contributed by atoms with Crippen molar-refractivity contribution in [2.24, 2.45) is 5.92 Å². The van der Waals surface area contributed by atoms with Crippen molar-refractivity contribution in [2.45, 2.75) is 19.4 Å². The molecule has 1 N–H and O–H groups in total. The van der Waals surface area contributed by atoms with Crippen LogP contribution in [-0.2, 0) is 6.54 Å². The van der Waals surface area contributed by atoms with E-state index < -0.39 is 0 Å². The Morgan fingerprint density at radius 1 is 1.29 bits per heavy atom. The molecule has 0 saturated carbocycles. The number of halogens is 1. The van der Waals surface area contributed by atoms with Gasteiger partial charge in [-0.05, 0) is 45.0 Å². The monoisotopic (exact) mass is 314 g/mol. The lowest BCUT2D eigenvalue weighted by Gasteiger charge is -2.28. The Morgan fingerprint density at radius 3 is 2.71 bits per heavy atom. The molecule has 0 amide bonds. The Balaban J connectivity index is 0.00000220. The van der Waals surface area contributed by atoms with Crippen molar-refractivity contribution in [3.63, 3.8) is 0 Å². The van der Waals surface area contributed by atoms with Crippen LogP contribution in [0.2, 0.25) is 0 Å². The first-order valence-electron chi connectivity index (χ1n) is 7.33. The Hall–Kier alpha value is -0.970. The first-order chi connectivity index (χ1) is 9.72. The summed E-state index contributed by atoms with van der Waals surface area (Å²) >= 11 is 0. The number of nitrogens with zero attached hydrogens (tertiary/aromatic N) is 1. The maximum absolute atomic E-state index is 5.46. The normalized spacial score (nSPS) is 18.2. The zero-order valence-corrected chi connectivity index (χ0v) is 14.0. The van der Waals surface area contributed by atoms with Crippen molar-refractivity contribution in [1.29, 1.82) is 0 Å². The molecule has 120 valence electrons. The van der Waals surface area contributed by atoms with Gasteiger partial charge in [0.1, 0.15) is 11.5 Å². The van der Waals surface area contributed by atoms with Gasteiger partial charge in [-0.25, -0.2) is 0 Å². The number of rotatable bonds is 6. The number of methoxy groups -OCH3 is 2. The zero-order valence-electron chi connectivity index (χ0n) is 13.2. The standard InChI is InChI=1S/C16H26N2O2.ClH/c1-18(11-13-5-4-8-17-10-13)12-14-6-7-15(19-2)9-16(14)20-3;/h6-7,9,13,17H,4-5,8,10-12H2,1-3H3;1H. The van der Waals surface area contributed by atoms with Gasteiger partial charge in [-0.2, -0.15) is 0 Å². The number of hydrogen-bond acceptors (Lipinski definition) is 4. The van der Waals surface area contributed by atoms with E-state index in [-0.39, 0.29) is 12.4 Å². The average Bonchev–Trinajstić information content (AvgIpc) is 2.48. The van der Waals surface area contributed by atoms with Crippen molar-refractivity contribution in [1.82, 2.24) is 10.2 Å². The van der Waals surface area contributed by atoms with Crippen LogP contribution in [-0.4, -0.2) is 45.8 Å². The van der Waals surface area contributed by atoms with Crippen LogP contribution in [0.25, 0.3) is 0 Å². The smallest absolute Gasteiger partial charge is 0.127 e. The molecule has 1 aromatic carbocycles. The predicted molar refractivity (Wildman–Crippen MR) is 88.7 cm³/mol. The molecule has 1 atom stereocenters. The Morgan fingerprint density at radius 2 is 2.10 bits per heavy atom. The lowest BCUT2D eigenvalue weighted by atomic mass is 9.99. The second-order valence-electron chi connectivity index (χ2n) is 5.59. The Bertz CT molecular complexity index is 423. The summed E-state index contributed by atoms with van der Waals surface area (Å²) in [4.78, 5) is 2.38. The minimum atomic E-state index is 0. The molecule has 21 heavy (non-hydrogen) atoms. The largest absolute Gasteiger partial charge is 0.497 e. The first-order valence-corrected chi connectivity index (χ1v) is 7.33. The molecule has 5 heteroatoms. The third-order valence-electron chi connectivity index (χ3n) is 3.90. The molecule has 4 nitrogen and oxygen atoms in total. The van der Waals surface area contributed by atoms with E-state index in [1.54, 1.807) is 14.2 Å². The van der Waals surface area contributed by atoms with Crippen molar-refractivity contribution < 1.29 is 9.47 Å². The van der Waals surface area contributed by atoms with E-state index in [1.807, 2.05) is 12.1 Å². The molecule has 0 bridgehead atoms. The molecule has 0 aromatic heterocycles. The summed E-state index contributed by atoms with van der Waals surface area (Å²) in [6, 6.07) is 6.03.